The molecule has 168 valence electrons. The van der Waals surface area contributed by atoms with Crippen molar-refractivity contribution in [3.8, 4) is 17.1 Å². The highest BCUT2D eigenvalue weighted by Crippen LogP contribution is 2.38. The lowest BCUT2D eigenvalue weighted by atomic mass is 10.1. The number of aliphatic hydroxyl groups excluding tert-OH is 1. The molecule has 1 aromatic heterocycles. The highest BCUT2D eigenvalue weighted by atomic mass is 32.2. The number of halogens is 2. The van der Waals surface area contributed by atoms with E-state index in [0.29, 0.717) is 36.0 Å². The second-order valence-electron chi connectivity index (χ2n) is 7.22. The average Bonchev–Trinajstić information content (AvgIpc) is 3.27. The predicted octanol–water partition coefficient (Wildman–Crippen LogP) is 1.95. The van der Waals surface area contributed by atoms with E-state index in [0.717, 1.165) is 16.7 Å². The number of thioether (sulfide) groups is 1. The van der Waals surface area contributed by atoms with Crippen LogP contribution in [0.4, 0.5) is 25.1 Å². The first-order valence-corrected chi connectivity index (χ1v) is 10.6. The number of amides is 1. The van der Waals surface area contributed by atoms with Gasteiger partial charge in [-0.05, 0) is 12.1 Å². The van der Waals surface area contributed by atoms with Crippen LogP contribution >= 0.6 is 11.8 Å². The minimum atomic E-state index is -2.65. The summed E-state index contributed by atoms with van der Waals surface area (Å²) < 4.78 is 39.5. The van der Waals surface area contributed by atoms with Crippen molar-refractivity contribution in [3.05, 3.63) is 24.4 Å². The number of ether oxygens (including phenoxy) is 2. The van der Waals surface area contributed by atoms with Gasteiger partial charge in [0.15, 0.2) is 5.82 Å². The van der Waals surface area contributed by atoms with E-state index in [4.69, 9.17) is 15.2 Å². The van der Waals surface area contributed by atoms with Crippen LogP contribution in [0.1, 0.15) is 0 Å². The van der Waals surface area contributed by atoms with Crippen molar-refractivity contribution in [1.82, 2.24) is 9.55 Å². The maximum atomic E-state index is 13.4. The van der Waals surface area contributed by atoms with Crippen molar-refractivity contribution < 1.29 is 28.2 Å². The number of carbonyl (C=O) groups excluding carboxylic acids is 1. The molecule has 12 heteroatoms. The van der Waals surface area contributed by atoms with Gasteiger partial charge in [-0.25, -0.2) is 13.8 Å². The first-order chi connectivity index (χ1) is 14.9. The molecular formula is C19H23F2N5O4S. The molecule has 0 aliphatic carbocycles. The number of nitrogens with zero attached hydrogens (tertiary/aromatic N) is 3. The minimum Gasteiger partial charge on any atom is -0.491 e. The molecule has 2 aliphatic rings. The molecule has 2 aromatic rings. The van der Waals surface area contributed by atoms with E-state index in [-0.39, 0.29) is 18.2 Å². The van der Waals surface area contributed by atoms with Gasteiger partial charge in [-0.3, -0.25) is 9.69 Å². The van der Waals surface area contributed by atoms with Gasteiger partial charge < -0.3 is 30.2 Å². The van der Waals surface area contributed by atoms with Gasteiger partial charge in [0, 0.05) is 30.8 Å². The number of hydrogen-bond donors (Lipinski definition) is 3. The molecule has 0 saturated carbocycles. The lowest BCUT2D eigenvalue weighted by Crippen LogP contribution is -2.43. The molecule has 9 nitrogen and oxygen atoms in total. The third-order valence-corrected chi connectivity index (χ3v) is 6.08. The molecular weight excluding hydrogens is 432 g/mol. The molecule has 1 amide bonds. The normalized spacial score (nSPS) is 20.1. The topological polar surface area (TPSA) is 115 Å². The van der Waals surface area contributed by atoms with Crippen LogP contribution in [0.2, 0.25) is 0 Å². The Balaban J connectivity index is 1.65. The molecule has 31 heavy (non-hydrogen) atoms. The summed E-state index contributed by atoms with van der Waals surface area (Å²) in [6.45, 7) is 0.986. The fraction of sp³-hybridized carbons (Fsp3) is 0.474. The van der Waals surface area contributed by atoms with E-state index in [1.165, 1.54) is 7.11 Å². The summed E-state index contributed by atoms with van der Waals surface area (Å²) in [6.07, 6.45) is -2.17. The van der Waals surface area contributed by atoms with Crippen LogP contribution in [-0.4, -0.2) is 70.7 Å². The zero-order valence-corrected chi connectivity index (χ0v) is 17.5. The molecule has 0 spiro atoms. The SMILES string of the molecule is COC[C@H](Nc1ccc2c(c1)OCCn1cc(N3C(=O)SC[C@H]3C(F)F)nc1-2)C(N)O. The summed E-state index contributed by atoms with van der Waals surface area (Å²) >= 11 is 0.870. The van der Waals surface area contributed by atoms with Gasteiger partial charge in [0.25, 0.3) is 11.7 Å². The quantitative estimate of drug-likeness (QED) is 0.543. The molecule has 4 rings (SSSR count). The monoisotopic (exact) mass is 455 g/mol. The number of hydrogen-bond acceptors (Lipinski definition) is 8. The largest absolute Gasteiger partial charge is 0.491 e. The molecule has 2 aliphatic heterocycles. The standard InChI is InChI=1S/C19H23F2N5O4S/c1-29-8-12(17(22)27)23-10-2-3-11-14(6-10)30-5-4-25-7-15(24-18(11)25)26-13(16(20)21)9-31-19(26)28/h2-3,6-7,12-13,16-17,23,27H,4-5,8-9,22H2,1H3/t12-,13-,17?/m0/s1. The summed E-state index contributed by atoms with van der Waals surface area (Å²) in [5, 5.41) is 12.4. The first kappa shape index (κ1) is 21.8. The van der Waals surface area contributed by atoms with E-state index in [1.54, 1.807) is 29.0 Å². The Morgan fingerprint density at radius 1 is 1.48 bits per heavy atom. The highest BCUT2D eigenvalue weighted by molar-refractivity contribution is 8.14. The minimum absolute atomic E-state index is 0.0308. The van der Waals surface area contributed by atoms with Crippen molar-refractivity contribution in [2.75, 3.05) is 36.3 Å². The number of imidazole rings is 1. The molecule has 1 fully saturated rings. The Labute approximate surface area is 181 Å². The van der Waals surface area contributed by atoms with Gasteiger partial charge in [-0.1, -0.05) is 11.8 Å². The molecule has 0 bridgehead atoms. The number of carbonyl (C=O) groups is 1. The fourth-order valence-electron chi connectivity index (χ4n) is 3.58. The van der Waals surface area contributed by atoms with E-state index >= 15 is 0 Å². The zero-order valence-electron chi connectivity index (χ0n) is 16.7. The van der Waals surface area contributed by atoms with Gasteiger partial charge >= 0.3 is 0 Å². The van der Waals surface area contributed by atoms with Crippen LogP contribution < -0.4 is 20.7 Å². The van der Waals surface area contributed by atoms with Crippen molar-refractivity contribution in [1.29, 1.82) is 0 Å². The number of alkyl halides is 2. The number of aliphatic hydroxyl groups is 1. The summed E-state index contributed by atoms with van der Waals surface area (Å²) in [7, 11) is 1.51. The number of fused-ring (bicyclic) bond motifs is 3. The zero-order chi connectivity index (χ0) is 22.1. The second-order valence-corrected chi connectivity index (χ2v) is 8.19. The summed E-state index contributed by atoms with van der Waals surface area (Å²) in [6, 6.07) is 3.59. The van der Waals surface area contributed by atoms with E-state index < -0.39 is 30.0 Å². The third-order valence-electron chi connectivity index (χ3n) is 5.13. The molecule has 4 N–H and O–H groups in total. The van der Waals surface area contributed by atoms with Crippen molar-refractivity contribution in [2.24, 2.45) is 5.73 Å². The molecule has 1 aromatic carbocycles. The van der Waals surface area contributed by atoms with Gasteiger partial charge in [0.05, 0.1) is 24.8 Å². The van der Waals surface area contributed by atoms with E-state index in [9.17, 15) is 18.7 Å². The maximum absolute atomic E-state index is 13.4. The van der Waals surface area contributed by atoms with Gasteiger partial charge in [-0.15, -0.1) is 0 Å². The molecule has 1 saturated heterocycles. The number of benzene rings is 1. The summed E-state index contributed by atoms with van der Waals surface area (Å²) in [5.41, 5.74) is 6.91. The molecule has 3 heterocycles. The molecule has 3 atom stereocenters. The summed E-state index contributed by atoms with van der Waals surface area (Å²) in [4.78, 5) is 17.8. The van der Waals surface area contributed by atoms with E-state index in [1.807, 2.05) is 0 Å². The number of nitrogens with one attached hydrogen (secondary N) is 1. The Hall–Kier alpha value is -2.41. The van der Waals surface area contributed by atoms with Crippen molar-refractivity contribution >= 4 is 28.5 Å². The lowest BCUT2D eigenvalue weighted by Gasteiger charge is -2.22. The van der Waals surface area contributed by atoms with Crippen molar-refractivity contribution in [3.63, 3.8) is 0 Å². The third kappa shape index (κ3) is 4.33. The number of nitrogens with two attached hydrogens (primary N) is 1. The van der Waals surface area contributed by atoms with Crippen LogP contribution in [0, 0.1) is 0 Å². The number of anilines is 2. The number of rotatable bonds is 7. The maximum Gasteiger partial charge on any atom is 0.287 e. The molecule has 0 radical (unpaired) electrons. The smallest absolute Gasteiger partial charge is 0.287 e. The van der Waals surface area contributed by atoms with Gasteiger partial charge in [-0.2, -0.15) is 0 Å². The Morgan fingerprint density at radius 3 is 3.00 bits per heavy atom. The highest BCUT2D eigenvalue weighted by Gasteiger charge is 2.40. The van der Waals surface area contributed by atoms with Gasteiger partial charge in [0.1, 0.15) is 30.5 Å². The molecule has 1 unspecified atom stereocenters. The number of aromatic nitrogens is 2. The lowest BCUT2D eigenvalue weighted by molar-refractivity contribution is 0.0996. The van der Waals surface area contributed by atoms with Crippen LogP contribution in [0.15, 0.2) is 24.4 Å². The van der Waals surface area contributed by atoms with Crippen LogP contribution in [0.5, 0.6) is 5.75 Å². The second kappa shape index (κ2) is 8.99. The van der Waals surface area contributed by atoms with Crippen LogP contribution in [0.25, 0.3) is 11.4 Å². The van der Waals surface area contributed by atoms with Crippen LogP contribution in [-0.2, 0) is 11.3 Å². The van der Waals surface area contributed by atoms with E-state index in [2.05, 4.69) is 10.3 Å². The Bertz CT molecular complexity index is 957. The predicted molar refractivity (Wildman–Crippen MR) is 113 cm³/mol. The van der Waals surface area contributed by atoms with Crippen LogP contribution in [0.3, 0.4) is 0 Å². The van der Waals surface area contributed by atoms with Crippen molar-refractivity contribution in [2.45, 2.75) is 31.3 Å². The first-order valence-electron chi connectivity index (χ1n) is 9.66. The Morgan fingerprint density at radius 2 is 2.29 bits per heavy atom. The fourth-order valence-corrected chi connectivity index (χ4v) is 4.55. The number of methoxy groups -OCH3 is 1. The average molecular weight is 455 g/mol. The Kier molecular flexibility index (Phi) is 6.32. The van der Waals surface area contributed by atoms with Gasteiger partial charge in [0.2, 0.25) is 0 Å². The summed E-state index contributed by atoms with van der Waals surface area (Å²) in [5.74, 6) is 1.30.